The van der Waals surface area contributed by atoms with Crippen LogP contribution in [0.1, 0.15) is 44.1 Å². The van der Waals surface area contributed by atoms with Crippen molar-refractivity contribution in [2.24, 2.45) is 0 Å². The van der Waals surface area contributed by atoms with Gasteiger partial charge >= 0.3 is 0 Å². The zero-order chi connectivity index (χ0) is 13.5. The Morgan fingerprint density at radius 1 is 1.44 bits per heavy atom. The van der Waals surface area contributed by atoms with Gasteiger partial charge in [0.1, 0.15) is 11.5 Å². The lowest BCUT2D eigenvalue weighted by molar-refractivity contribution is 0.0934. The first-order valence-corrected chi connectivity index (χ1v) is 6.67. The molecule has 1 amide bonds. The maximum absolute atomic E-state index is 12.0. The summed E-state index contributed by atoms with van der Waals surface area (Å²) in [6.07, 6.45) is 1.87. The molecule has 1 aromatic rings. The van der Waals surface area contributed by atoms with Gasteiger partial charge in [0.05, 0.1) is 5.02 Å². The van der Waals surface area contributed by atoms with Crippen molar-refractivity contribution in [1.82, 2.24) is 10.3 Å². The Morgan fingerprint density at radius 2 is 2.17 bits per heavy atom. The molecule has 1 atom stereocenters. The topological polar surface area (TPSA) is 54.0 Å². The molecule has 0 aliphatic carbocycles. The average Bonchev–Trinajstić information content (AvgIpc) is 2.37. The molecule has 5 heteroatoms. The quantitative estimate of drug-likeness (QED) is 0.834. The molecule has 4 nitrogen and oxygen atoms in total. The van der Waals surface area contributed by atoms with Crippen LogP contribution in [-0.4, -0.2) is 23.5 Å². The molecule has 100 valence electrons. The van der Waals surface area contributed by atoms with Crippen LogP contribution in [0.15, 0.2) is 12.1 Å². The van der Waals surface area contributed by atoms with Crippen LogP contribution in [0.3, 0.4) is 0 Å². The Morgan fingerprint density at radius 3 is 2.78 bits per heavy atom. The van der Waals surface area contributed by atoms with E-state index < -0.39 is 0 Å². The summed E-state index contributed by atoms with van der Waals surface area (Å²) >= 11 is 6.00. The molecule has 0 fully saturated rings. The largest absolute Gasteiger partial charge is 0.370 e. The van der Waals surface area contributed by atoms with Gasteiger partial charge in [-0.15, -0.1) is 0 Å². The molecular formula is C13H20ClN3O. The molecule has 1 unspecified atom stereocenters. The smallest absolute Gasteiger partial charge is 0.271 e. The lowest BCUT2D eigenvalue weighted by Crippen LogP contribution is -2.32. The number of hydrogen-bond donors (Lipinski definition) is 2. The van der Waals surface area contributed by atoms with Gasteiger partial charge < -0.3 is 10.6 Å². The summed E-state index contributed by atoms with van der Waals surface area (Å²) in [6, 6.07) is 3.58. The number of aromatic nitrogens is 1. The van der Waals surface area contributed by atoms with Crippen LogP contribution in [0.25, 0.3) is 0 Å². The zero-order valence-corrected chi connectivity index (χ0v) is 11.8. The van der Waals surface area contributed by atoms with Crippen LogP contribution >= 0.6 is 11.6 Å². The Kier molecular flexibility index (Phi) is 5.92. The number of pyridine rings is 1. The normalized spacial score (nSPS) is 12.0. The minimum Gasteiger partial charge on any atom is -0.370 e. The highest BCUT2D eigenvalue weighted by Crippen LogP contribution is 2.17. The van der Waals surface area contributed by atoms with E-state index in [0.29, 0.717) is 10.8 Å². The SMILES string of the molecule is CCCNc1ccc(Cl)c(C(=O)NC(C)CC)n1. The third-order valence-corrected chi connectivity index (χ3v) is 2.91. The average molecular weight is 270 g/mol. The predicted octanol–water partition coefficient (Wildman–Crippen LogP) is 3.09. The number of amides is 1. The first-order valence-electron chi connectivity index (χ1n) is 6.29. The van der Waals surface area contributed by atoms with Gasteiger partial charge in [-0.3, -0.25) is 4.79 Å². The summed E-state index contributed by atoms with van der Waals surface area (Å²) in [5.41, 5.74) is 0.276. The van der Waals surface area contributed by atoms with E-state index in [1.165, 1.54) is 0 Å². The number of rotatable bonds is 6. The molecule has 0 radical (unpaired) electrons. The molecular weight excluding hydrogens is 250 g/mol. The second-order valence-electron chi connectivity index (χ2n) is 4.24. The maximum atomic E-state index is 12.0. The van der Waals surface area contributed by atoms with Gasteiger partial charge in [-0.1, -0.05) is 25.4 Å². The molecule has 18 heavy (non-hydrogen) atoms. The molecule has 1 rings (SSSR count). The summed E-state index contributed by atoms with van der Waals surface area (Å²) < 4.78 is 0. The van der Waals surface area contributed by atoms with Gasteiger partial charge in [0.25, 0.3) is 5.91 Å². The van der Waals surface area contributed by atoms with Crippen molar-refractivity contribution in [2.75, 3.05) is 11.9 Å². The van der Waals surface area contributed by atoms with Crippen molar-refractivity contribution in [1.29, 1.82) is 0 Å². The summed E-state index contributed by atoms with van der Waals surface area (Å²) in [5, 5.41) is 6.36. The van der Waals surface area contributed by atoms with Crippen molar-refractivity contribution in [3.05, 3.63) is 22.8 Å². The highest BCUT2D eigenvalue weighted by Gasteiger charge is 2.14. The number of carbonyl (C=O) groups is 1. The molecule has 0 aromatic carbocycles. The van der Waals surface area contributed by atoms with Crippen LogP contribution in [0.5, 0.6) is 0 Å². The molecule has 2 N–H and O–H groups in total. The van der Waals surface area contributed by atoms with Gasteiger partial charge in [0.2, 0.25) is 0 Å². The van der Waals surface area contributed by atoms with E-state index in [2.05, 4.69) is 22.5 Å². The summed E-state index contributed by atoms with van der Waals surface area (Å²) in [7, 11) is 0. The van der Waals surface area contributed by atoms with Crippen molar-refractivity contribution in [3.63, 3.8) is 0 Å². The van der Waals surface area contributed by atoms with E-state index in [1.54, 1.807) is 12.1 Å². The van der Waals surface area contributed by atoms with Crippen LogP contribution in [0.4, 0.5) is 5.82 Å². The van der Waals surface area contributed by atoms with Gasteiger partial charge in [-0.2, -0.15) is 0 Å². The summed E-state index contributed by atoms with van der Waals surface area (Å²) in [5.74, 6) is 0.449. The molecule has 0 saturated heterocycles. The zero-order valence-electron chi connectivity index (χ0n) is 11.1. The standard InChI is InChI=1S/C13H20ClN3O/c1-4-8-15-11-7-6-10(14)12(17-11)13(18)16-9(3)5-2/h6-7,9H,4-5,8H2,1-3H3,(H,15,17)(H,16,18). The Balaban J connectivity index is 2.82. The molecule has 0 spiro atoms. The summed E-state index contributed by atoms with van der Waals surface area (Å²) in [4.78, 5) is 16.2. The Labute approximate surface area is 113 Å². The first-order chi connectivity index (χ1) is 8.58. The number of carbonyl (C=O) groups excluding carboxylic acids is 1. The van der Waals surface area contributed by atoms with E-state index in [0.717, 1.165) is 19.4 Å². The van der Waals surface area contributed by atoms with Gasteiger partial charge in [-0.25, -0.2) is 4.98 Å². The minimum atomic E-state index is -0.227. The van der Waals surface area contributed by atoms with Crippen LogP contribution in [0.2, 0.25) is 5.02 Å². The minimum absolute atomic E-state index is 0.114. The highest BCUT2D eigenvalue weighted by atomic mass is 35.5. The third-order valence-electron chi connectivity index (χ3n) is 2.61. The second kappa shape index (κ2) is 7.21. The highest BCUT2D eigenvalue weighted by molar-refractivity contribution is 6.33. The van der Waals surface area contributed by atoms with Gasteiger partial charge in [0.15, 0.2) is 0 Å². The number of hydrogen-bond acceptors (Lipinski definition) is 3. The first kappa shape index (κ1) is 14.8. The number of nitrogens with one attached hydrogen (secondary N) is 2. The fourth-order valence-electron chi connectivity index (χ4n) is 1.35. The lowest BCUT2D eigenvalue weighted by Gasteiger charge is -2.12. The second-order valence-corrected chi connectivity index (χ2v) is 4.64. The fourth-order valence-corrected chi connectivity index (χ4v) is 1.54. The third kappa shape index (κ3) is 4.18. The number of halogens is 1. The fraction of sp³-hybridized carbons (Fsp3) is 0.538. The van der Waals surface area contributed by atoms with Crippen molar-refractivity contribution in [3.8, 4) is 0 Å². The molecule has 0 saturated carbocycles. The van der Waals surface area contributed by atoms with E-state index in [1.807, 2.05) is 13.8 Å². The Hall–Kier alpha value is -1.29. The van der Waals surface area contributed by atoms with Crippen molar-refractivity contribution >= 4 is 23.3 Å². The van der Waals surface area contributed by atoms with Gasteiger partial charge in [0, 0.05) is 12.6 Å². The monoisotopic (exact) mass is 269 g/mol. The molecule has 0 aliphatic rings. The molecule has 0 bridgehead atoms. The number of anilines is 1. The molecule has 0 aliphatic heterocycles. The van der Waals surface area contributed by atoms with Crippen LogP contribution in [0, 0.1) is 0 Å². The summed E-state index contributed by atoms with van der Waals surface area (Å²) in [6.45, 7) is 6.85. The van der Waals surface area contributed by atoms with Crippen LogP contribution < -0.4 is 10.6 Å². The van der Waals surface area contributed by atoms with E-state index in [9.17, 15) is 4.79 Å². The van der Waals surface area contributed by atoms with Gasteiger partial charge in [-0.05, 0) is 31.9 Å². The van der Waals surface area contributed by atoms with E-state index in [4.69, 9.17) is 11.6 Å². The maximum Gasteiger partial charge on any atom is 0.271 e. The van der Waals surface area contributed by atoms with Crippen molar-refractivity contribution < 1.29 is 4.79 Å². The molecule has 1 aromatic heterocycles. The van der Waals surface area contributed by atoms with E-state index in [-0.39, 0.29) is 17.6 Å². The predicted molar refractivity (Wildman–Crippen MR) is 75.2 cm³/mol. The van der Waals surface area contributed by atoms with Crippen LogP contribution in [-0.2, 0) is 0 Å². The molecule has 1 heterocycles. The number of nitrogens with zero attached hydrogens (tertiary/aromatic N) is 1. The Bertz CT molecular complexity index is 409. The lowest BCUT2D eigenvalue weighted by atomic mass is 10.2. The van der Waals surface area contributed by atoms with E-state index >= 15 is 0 Å². The van der Waals surface area contributed by atoms with Crippen molar-refractivity contribution in [2.45, 2.75) is 39.7 Å².